The minimum Gasteiger partial charge on any atom is -0.434 e. The van der Waals surface area contributed by atoms with Crippen LogP contribution in [0.4, 0.5) is 8.78 Å². The number of amides is 1. The number of rotatable bonds is 5. The highest BCUT2D eigenvalue weighted by molar-refractivity contribution is 8.03. The summed E-state index contributed by atoms with van der Waals surface area (Å²) in [5.74, 6) is 0.346. The molecular formula is C19H22F2N2O3S. The van der Waals surface area contributed by atoms with Gasteiger partial charge in [0.2, 0.25) is 5.91 Å². The molecule has 0 spiro atoms. The fraction of sp³-hybridized carbons (Fsp3) is 0.526. The van der Waals surface area contributed by atoms with Crippen LogP contribution < -0.4 is 10.1 Å². The fourth-order valence-electron chi connectivity index (χ4n) is 3.40. The molecule has 1 aromatic carbocycles. The molecule has 2 unspecified atom stereocenters. The number of ether oxygens (including phenoxy) is 2. The van der Waals surface area contributed by atoms with E-state index in [-0.39, 0.29) is 28.5 Å². The minimum absolute atomic E-state index is 0.0813. The van der Waals surface area contributed by atoms with Gasteiger partial charge in [-0.05, 0) is 30.4 Å². The van der Waals surface area contributed by atoms with Crippen LogP contribution in [0.15, 0.2) is 29.7 Å². The predicted octanol–water partition coefficient (Wildman–Crippen LogP) is 3.28. The maximum Gasteiger partial charge on any atom is 0.387 e. The lowest BCUT2D eigenvalue weighted by Gasteiger charge is -2.37. The molecule has 1 N–H and O–H groups in total. The first kappa shape index (κ1) is 18.6. The molecule has 1 aromatic rings. The molecule has 0 aromatic heterocycles. The zero-order valence-corrected chi connectivity index (χ0v) is 15.8. The lowest BCUT2D eigenvalue weighted by molar-refractivity contribution is -0.144. The number of nitrogens with zero attached hydrogens (tertiary/aromatic N) is 1. The Balaban J connectivity index is 1.41. The Hall–Kier alpha value is -1.80. The Labute approximate surface area is 161 Å². The van der Waals surface area contributed by atoms with Gasteiger partial charge in [-0.25, -0.2) is 0 Å². The number of carbonyl (C=O) groups excluding carboxylic acids is 1. The van der Waals surface area contributed by atoms with E-state index in [1.165, 1.54) is 17.8 Å². The minimum atomic E-state index is -2.87. The third kappa shape index (κ3) is 3.91. The van der Waals surface area contributed by atoms with Gasteiger partial charge in [0.05, 0.1) is 12.3 Å². The lowest BCUT2D eigenvalue weighted by atomic mass is 10.1. The standard InChI is InChI=1S/C19H22F2N2O3S/c1-19(6-7-19)17(24)23-8-9-25-15(10-23)16-22-13(11-27-16)12-4-2-3-5-14(12)26-18(20)21/h2-5,11,15-16,18,22H,6-10H2,1H3. The van der Waals surface area contributed by atoms with Crippen molar-refractivity contribution >= 4 is 23.4 Å². The SMILES string of the molecule is CC1(C(=O)N2CCOC(C3NC(c4ccccc4OC(F)F)=CS3)C2)CC1. The largest absolute Gasteiger partial charge is 0.434 e. The molecule has 4 rings (SSSR count). The quantitative estimate of drug-likeness (QED) is 0.828. The maximum absolute atomic E-state index is 12.7. The van der Waals surface area contributed by atoms with E-state index in [0.717, 1.165) is 18.5 Å². The topological polar surface area (TPSA) is 50.8 Å². The number of thioether (sulfide) groups is 1. The van der Waals surface area contributed by atoms with E-state index in [0.29, 0.717) is 25.3 Å². The molecule has 1 saturated carbocycles. The van der Waals surface area contributed by atoms with Gasteiger partial charge in [0.15, 0.2) is 0 Å². The molecule has 0 radical (unpaired) electrons. The van der Waals surface area contributed by atoms with E-state index >= 15 is 0 Å². The molecule has 2 fully saturated rings. The van der Waals surface area contributed by atoms with Gasteiger partial charge in [0, 0.05) is 24.1 Å². The van der Waals surface area contributed by atoms with E-state index in [9.17, 15) is 13.6 Å². The summed E-state index contributed by atoms with van der Waals surface area (Å²) in [4.78, 5) is 14.5. The van der Waals surface area contributed by atoms with Gasteiger partial charge >= 0.3 is 6.61 Å². The van der Waals surface area contributed by atoms with Crippen molar-refractivity contribution in [2.24, 2.45) is 5.41 Å². The zero-order chi connectivity index (χ0) is 19.0. The van der Waals surface area contributed by atoms with Crippen molar-refractivity contribution in [3.05, 3.63) is 35.2 Å². The van der Waals surface area contributed by atoms with Crippen LogP contribution in [0.2, 0.25) is 0 Å². The summed E-state index contributed by atoms with van der Waals surface area (Å²) in [6.07, 6.45) is 1.75. The molecule has 146 valence electrons. The molecule has 1 saturated heterocycles. The Bertz CT molecular complexity index is 754. The van der Waals surface area contributed by atoms with Crippen molar-refractivity contribution in [2.45, 2.75) is 37.9 Å². The van der Waals surface area contributed by atoms with Crippen LogP contribution in [0, 0.1) is 5.41 Å². The first-order valence-corrected chi connectivity index (χ1v) is 9.98. The van der Waals surface area contributed by atoms with Crippen LogP contribution in [0.3, 0.4) is 0 Å². The second-order valence-electron chi connectivity index (χ2n) is 7.33. The second-order valence-corrected chi connectivity index (χ2v) is 8.34. The van der Waals surface area contributed by atoms with Gasteiger partial charge in [-0.1, -0.05) is 19.1 Å². The number of hydrogen-bond donors (Lipinski definition) is 1. The number of benzene rings is 1. The van der Waals surface area contributed by atoms with Crippen molar-refractivity contribution in [1.29, 1.82) is 0 Å². The summed E-state index contributed by atoms with van der Waals surface area (Å²) in [6, 6.07) is 6.70. The summed E-state index contributed by atoms with van der Waals surface area (Å²) < 4.78 is 35.8. The van der Waals surface area contributed by atoms with Gasteiger partial charge in [-0.2, -0.15) is 8.78 Å². The first-order valence-electron chi connectivity index (χ1n) is 9.04. The fourth-order valence-corrected chi connectivity index (χ4v) is 4.41. The van der Waals surface area contributed by atoms with Crippen LogP contribution in [-0.2, 0) is 9.53 Å². The van der Waals surface area contributed by atoms with Crippen molar-refractivity contribution in [3.63, 3.8) is 0 Å². The van der Waals surface area contributed by atoms with Crippen LogP contribution >= 0.6 is 11.8 Å². The normalized spacial score (nSPS) is 26.5. The van der Waals surface area contributed by atoms with E-state index in [1.807, 2.05) is 17.2 Å². The Morgan fingerprint density at radius 2 is 2.19 bits per heavy atom. The smallest absolute Gasteiger partial charge is 0.387 e. The van der Waals surface area contributed by atoms with Crippen LogP contribution in [0.5, 0.6) is 5.75 Å². The molecule has 2 heterocycles. The molecule has 2 aliphatic heterocycles. The Morgan fingerprint density at radius 1 is 1.41 bits per heavy atom. The third-order valence-electron chi connectivity index (χ3n) is 5.26. The predicted molar refractivity (Wildman–Crippen MR) is 99.2 cm³/mol. The molecule has 2 atom stereocenters. The van der Waals surface area contributed by atoms with Gasteiger partial charge in [-0.3, -0.25) is 4.79 Å². The summed E-state index contributed by atoms with van der Waals surface area (Å²) in [7, 11) is 0. The molecule has 27 heavy (non-hydrogen) atoms. The maximum atomic E-state index is 12.7. The van der Waals surface area contributed by atoms with Crippen molar-refractivity contribution in [3.8, 4) is 5.75 Å². The lowest BCUT2D eigenvalue weighted by Crippen LogP contribution is -2.52. The summed E-state index contributed by atoms with van der Waals surface area (Å²) in [6.45, 7) is 0.804. The van der Waals surface area contributed by atoms with Crippen LogP contribution in [0.1, 0.15) is 25.3 Å². The number of carbonyl (C=O) groups is 1. The highest BCUT2D eigenvalue weighted by Crippen LogP contribution is 2.47. The Morgan fingerprint density at radius 3 is 2.93 bits per heavy atom. The Kier molecular flexibility index (Phi) is 5.03. The molecule has 5 nitrogen and oxygen atoms in total. The number of halogens is 2. The second kappa shape index (κ2) is 7.31. The monoisotopic (exact) mass is 396 g/mol. The van der Waals surface area contributed by atoms with Crippen molar-refractivity contribution in [1.82, 2.24) is 10.2 Å². The summed E-state index contributed by atoms with van der Waals surface area (Å²) >= 11 is 1.54. The summed E-state index contributed by atoms with van der Waals surface area (Å²) in [5, 5.41) is 5.15. The van der Waals surface area contributed by atoms with Crippen LogP contribution in [0.25, 0.3) is 5.70 Å². The zero-order valence-electron chi connectivity index (χ0n) is 15.0. The average Bonchev–Trinajstić information content (AvgIpc) is 3.23. The number of alkyl halides is 2. The average molecular weight is 396 g/mol. The van der Waals surface area contributed by atoms with Gasteiger partial charge < -0.3 is 19.7 Å². The third-order valence-corrected chi connectivity index (χ3v) is 6.34. The molecule has 1 amide bonds. The van der Waals surface area contributed by atoms with E-state index in [2.05, 4.69) is 10.1 Å². The van der Waals surface area contributed by atoms with Gasteiger partial charge in [0.25, 0.3) is 0 Å². The molecule has 3 aliphatic rings. The molecule has 0 bridgehead atoms. The first-order chi connectivity index (χ1) is 13.0. The number of nitrogens with one attached hydrogen (secondary N) is 1. The number of morpholine rings is 1. The number of para-hydroxylation sites is 1. The molecule has 1 aliphatic carbocycles. The van der Waals surface area contributed by atoms with Crippen molar-refractivity contribution in [2.75, 3.05) is 19.7 Å². The van der Waals surface area contributed by atoms with E-state index in [1.54, 1.807) is 18.2 Å². The molecule has 8 heteroatoms. The van der Waals surface area contributed by atoms with Gasteiger partial charge in [0.1, 0.15) is 17.2 Å². The number of hydrogen-bond acceptors (Lipinski definition) is 5. The van der Waals surface area contributed by atoms with Crippen molar-refractivity contribution < 1.29 is 23.0 Å². The van der Waals surface area contributed by atoms with Crippen LogP contribution in [-0.4, -0.2) is 48.6 Å². The molecular weight excluding hydrogens is 374 g/mol. The van der Waals surface area contributed by atoms with E-state index < -0.39 is 6.61 Å². The highest BCUT2D eigenvalue weighted by atomic mass is 32.2. The van der Waals surface area contributed by atoms with Gasteiger partial charge in [-0.15, -0.1) is 11.8 Å². The highest BCUT2D eigenvalue weighted by Gasteiger charge is 2.48. The summed E-state index contributed by atoms with van der Waals surface area (Å²) in [5.41, 5.74) is 1.12. The van der Waals surface area contributed by atoms with E-state index in [4.69, 9.17) is 4.74 Å².